The lowest BCUT2D eigenvalue weighted by Crippen LogP contribution is -2.60. The Balaban J connectivity index is 1.84. The van der Waals surface area contributed by atoms with Crippen LogP contribution < -0.4 is 0 Å². The Hall–Kier alpha value is -0.850. The minimum Gasteiger partial charge on any atom is -0.294 e. The zero-order valence-electron chi connectivity index (χ0n) is 11.9. The first-order chi connectivity index (χ1) is 9.07. The number of allylic oxidation sites excluding steroid dienone is 3. The Morgan fingerprint density at radius 1 is 1.32 bits per heavy atom. The molecule has 4 atom stereocenters. The third-order valence-electron chi connectivity index (χ3n) is 6.75. The third-order valence-corrected chi connectivity index (χ3v) is 6.75. The van der Waals surface area contributed by atoms with Crippen LogP contribution in [0, 0.1) is 34.5 Å². The van der Waals surface area contributed by atoms with Crippen LogP contribution in [-0.4, -0.2) is 5.78 Å². The van der Waals surface area contributed by atoms with Gasteiger partial charge in [-0.05, 0) is 73.7 Å². The summed E-state index contributed by atoms with van der Waals surface area (Å²) < 4.78 is 0. The molecule has 1 spiro atoms. The van der Waals surface area contributed by atoms with Crippen molar-refractivity contribution in [1.29, 1.82) is 0 Å². The molecule has 5 aliphatic carbocycles. The molecule has 0 saturated heterocycles. The van der Waals surface area contributed by atoms with Crippen molar-refractivity contribution in [2.45, 2.75) is 45.4 Å². The highest BCUT2D eigenvalue weighted by Gasteiger charge is 2.63. The van der Waals surface area contributed by atoms with Crippen molar-refractivity contribution in [3.05, 3.63) is 24.8 Å². The molecule has 5 aliphatic rings. The number of rotatable bonds is 2. The van der Waals surface area contributed by atoms with Crippen LogP contribution >= 0.6 is 0 Å². The fraction of sp³-hybridized carbons (Fsp3) is 0.722. The fourth-order valence-corrected chi connectivity index (χ4v) is 6.61. The minimum atomic E-state index is -0.172. The summed E-state index contributed by atoms with van der Waals surface area (Å²) in [5.41, 5.74) is 0.189. The van der Waals surface area contributed by atoms with Crippen LogP contribution in [0.2, 0.25) is 0 Å². The van der Waals surface area contributed by atoms with Gasteiger partial charge >= 0.3 is 0 Å². The van der Waals surface area contributed by atoms with E-state index in [2.05, 4.69) is 19.6 Å². The average Bonchev–Trinajstić information content (AvgIpc) is 2.33. The summed E-state index contributed by atoms with van der Waals surface area (Å²) in [6.45, 7) is 6.13. The number of carbonyl (C=O) groups excluding carboxylic acids is 1. The number of hydrogen-bond acceptors (Lipinski definition) is 1. The lowest BCUT2D eigenvalue weighted by Gasteiger charge is -2.65. The van der Waals surface area contributed by atoms with Crippen LogP contribution in [0.25, 0.3) is 0 Å². The second kappa shape index (κ2) is 3.62. The summed E-state index contributed by atoms with van der Waals surface area (Å²) in [5.74, 6) is 3.63. The van der Waals surface area contributed by atoms with E-state index >= 15 is 0 Å². The second-order valence-electron chi connectivity index (χ2n) is 7.93. The molecule has 4 bridgehead atoms. The van der Waals surface area contributed by atoms with Gasteiger partial charge in [-0.2, -0.15) is 0 Å². The molecule has 5 rings (SSSR count). The highest BCUT2D eigenvalue weighted by atomic mass is 16.1. The maximum absolute atomic E-state index is 12.5. The normalized spacial score (nSPS) is 54.3. The predicted octanol–water partition coefficient (Wildman–Crippen LogP) is 4.15. The van der Waals surface area contributed by atoms with E-state index in [9.17, 15) is 4.79 Å². The van der Waals surface area contributed by atoms with E-state index in [1.54, 1.807) is 0 Å². The predicted molar refractivity (Wildman–Crippen MR) is 76.5 cm³/mol. The van der Waals surface area contributed by atoms with Gasteiger partial charge in [0.1, 0.15) is 0 Å². The molecule has 0 aromatic carbocycles. The average molecular weight is 256 g/mol. The van der Waals surface area contributed by atoms with Crippen molar-refractivity contribution in [2.75, 3.05) is 0 Å². The zero-order chi connectivity index (χ0) is 13.3. The summed E-state index contributed by atoms with van der Waals surface area (Å²) in [7, 11) is 0. The van der Waals surface area contributed by atoms with E-state index in [-0.39, 0.29) is 5.41 Å². The first-order valence-corrected chi connectivity index (χ1v) is 7.92. The smallest absolute Gasteiger partial charge is 0.161 e. The van der Waals surface area contributed by atoms with Gasteiger partial charge < -0.3 is 0 Å². The summed E-state index contributed by atoms with van der Waals surface area (Å²) >= 11 is 0. The molecule has 0 heterocycles. The highest BCUT2D eigenvalue weighted by molar-refractivity contribution is 5.96. The summed E-state index contributed by atoms with van der Waals surface area (Å²) in [5, 5.41) is 0. The molecule has 2 unspecified atom stereocenters. The number of ketones is 1. The van der Waals surface area contributed by atoms with Crippen LogP contribution in [0.3, 0.4) is 0 Å². The van der Waals surface area contributed by atoms with Crippen LogP contribution in [0.15, 0.2) is 24.8 Å². The first kappa shape index (κ1) is 11.9. The standard InChI is InChI=1S/C18H24O/c1-3-5-17(2)15(19)4-6-18-10-12-7-13(11-18)9-14(8-12)16(17)18/h3-4,6,12-14,16H,1,5,7-11H2,2H3/t12?,13?,14?,16-,17+,18?/m0/s1. The Bertz CT molecular complexity index is 460. The van der Waals surface area contributed by atoms with Crippen molar-refractivity contribution in [3.8, 4) is 0 Å². The van der Waals surface area contributed by atoms with Crippen molar-refractivity contribution in [1.82, 2.24) is 0 Å². The largest absolute Gasteiger partial charge is 0.294 e. The fourth-order valence-electron chi connectivity index (χ4n) is 6.61. The topological polar surface area (TPSA) is 17.1 Å². The van der Waals surface area contributed by atoms with Crippen molar-refractivity contribution >= 4 is 5.78 Å². The van der Waals surface area contributed by atoms with Crippen LogP contribution in [0.4, 0.5) is 0 Å². The second-order valence-corrected chi connectivity index (χ2v) is 7.93. The van der Waals surface area contributed by atoms with Crippen molar-refractivity contribution in [2.24, 2.45) is 34.5 Å². The molecular formula is C18H24O. The van der Waals surface area contributed by atoms with E-state index < -0.39 is 0 Å². The maximum atomic E-state index is 12.5. The molecule has 1 heteroatoms. The number of hydrogen-bond donors (Lipinski definition) is 0. The first-order valence-electron chi connectivity index (χ1n) is 7.92. The van der Waals surface area contributed by atoms with Crippen molar-refractivity contribution < 1.29 is 4.79 Å². The Morgan fingerprint density at radius 3 is 2.63 bits per heavy atom. The Morgan fingerprint density at radius 2 is 2.00 bits per heavy atom. The van der Waals surface area contributed by atoms with E-state index in [0.717, 1.165) is 24.2 Å². The van der Waals surface area contributed by atoms with E-state index in [1.807, 2.05) is 12.2 Å². The molecule has 4 fully saturated rings. The van der Waals surface area contributed by atoms with Crippen LogP contribution in [0.1, 0.15) is 45.4 Å². The SMILES string of the molecule is C=CC[C@]1(C)C(=O)C=CC23CC4CC(CC(C4)[C@H]21)C3. The van der Waals surface area contributed by atoms with Crippen molar-refractivity contribution in [3.63, 3.8) is 0 Å². The van der Waals surface area contributed by atoms with Gasteiger partial charge in [0.05, 0.1) is 0 Å². The van der Waals surface area contributed by atoms with E-state index in [4.69, 9.17) is 0 Å². The van der Waals surface area contributed by atoms with Gasteiger partial charge in [-0.15, -0.1) is 6.58 Å². The summed E-state index contributed by atoms with van der Waals surface area (Å²) in [6, 6.07) is 0. The quantitative estimate of drug-likeness (QED) is 0.678. The third kappa shape index (κ3) is 1.39. The van der Waals surface area contributed by atoms with Gasteiger partial charge in [0, 0.05) is 5.41 Å². The minimum absolute atomic E-state index is 0.172. The molecule has 0 aromatic rings. The van der Waals surface area contributed by atoms with Gasteiger partial charge in [0.2, 0.25) is 0 Å². The van der Waals surface area contributed by atoms with Gasteiger partial charge in [-0.3, -0.25) is 4.79 Å². The van der Waals surface area contributed by atoms with E-state index in [1.165, 1.54) is 32.1 Å². The van der Waals surface area contributed by atoms with Gasteiger partial charge in [-0.1, -0.05) is 19.1 Å². The molecule has 102 valence electrons. The van der Waals surface area contributed by atoms with Crippen LogP contribution in [0.5, 0.6) is 0 Å². The van der Waals surface area contributed by atoms with Gasteiger partial charge in [0.15, 0.2) is 5.78 Å². The molecule has 4 saturated carbocycles. The molecule has 0 aromatic heterocycles. The molecule has 0 amide bonds. The lowest BCUT2D eigenvalue weighted by molar-refractivity contribution is -0.157. The Kier molecular flexibility index (Phi) is 2.27. The highest BCUT2D eigenvalue weighted by Crippen LogP contribution is 2.69. The molecular weight excluding hydrogens is 232 g/mol. The zero-order valence-corrected chi connectivity index (χ0v) is 11.9. The molecule has 0 N–H and O–H groups in total. The summed E-state index contributed by atoms with van der Waals surface area (Å²) in [6.07, 6.45) is 14.0. The van der Waals surface area contributed by atoms with E-state index in [0.29, 0.717) is 17.1 Å². The molecule has 1 nitrogen and oxygen atoms in total. The molecule has 0 radical (unpaired) electrons. The van der Waals surface area contributed by atoms with Crippen LogP contribution in [-0.2, 0) is 4.79 Å². The summed E-state index contributed by atoms with van der Waals surface area (Å²) in [4.78, 5) is 12.5. The molecule has 19 heavy (non-hydrogen) atoms. The Labute approximate surface area is 116 Å². The molecule has 0 aliphatic heterocycles. The maximum Gasteiger partial charge on any atom is 0.161 e. The van der Waals surface area contributed by atoms with Gasteiger partial charge in [0.25, 0.3) is 0 Å². The number of carbonyl (C=O) groups is 1. The monoisotopic (exact) mass is 256 g/mol. The van der Waals surface area contributed by atoms with Gasteiger partial charge in [-0.25, -0.2) is 0 Å². The lowest BCUT2D eigenvalue weighted by atomic mass is 9.38.